The number of carbonyl (C=O) groups excluding carboxylic acids is 1. The van der Waals surface area contributed by atoms with Crippen LogP contribution >= 0.6 is 11.3 Å². The molecule has 1 heterocycles. The molecule has 1 atom stereocenters. The summed E-state index contributed by atoms with van der Waals surface area (Å²) in [6.45, 7) is 3.90. The maximum Gasteiger partial charge on any atom is 0.324 e. The average Bonchev–Trinajstić information content (AvgIpc) is 3.03. The first-order valence-corrected chi connectivity index (χ1v) is 8.21. The number of aryl methyl sites for hydroxylation is 1. The Bertz CT molecular complexity index is 740. The molecule has 0 radical (unpaired) electrons. The minimum atomic E-state index is -0.459. The van der Waals surface area contributed by atoms with Crippen molar-refractivity contribution in [1.82, 2.24) is 5.43 Å². The van der Waals surface area contributed by atoms with Gasteiger partial charge in [-0.15, -0.1) is 0 Å². The lowest BCUT2D eigenvalue weighted by atomic mass is 10.1. The summed E-state index contributed by atoms with van der Waals surface area (Å²) in [4.78, 5) is 22.9. The van der Waals surface area contributed by atoms with Crippen LogP contribution in [0.4, 0.5) is 10.7 Å². The molecule has 0 aliphatic rings. The van der Waals surface area contributed by atoms with Crippen molar-refractivity contribution < 1.29 is 9.72 Å². The lowest BCUT2D eigenvalue weighted by molar-refractivity contribution is -0.380. The number of hydrogen-bond donors (Lipinski definition) is 2. The number of nitro groups is 1. The molecular weight excluding hydrogens is 328 g/mol. The zero-order chi connectivity index (χ0) is 17.5. The zero-order valence-corrected chi connectivity index (χ0v) is 14.2. The van der Waals surface area contributed by atoms with Gasteiger partial charge in [0.1, 0.15) is 6.04 Å². The van der Waals surface area contributed by atoms with E-state index in [1.54, 1.807) is 6.07 Å². The van der Waals surface area contributed by atoms with Crippen molar-refractivity contribution in [3.63, 3.8) is 0 Å². The minimum absolute atomic E-state index is 0.0373. The number of thiophene rings is 1. The summed E-state index contributed by atoms with van der Waals surface area (Å²) in [5, 5.41) is 17.7. The van der Waals surface area contributed by atoms with E-state index >= 15 is 0 Å². The van der Waals surface area contributed by atoms with Gasteiger partial charge in [0.25, 0.3) is 5.91 Å². The molecule has 2 rings (SSSR count). The van der Waals surface area contributed by atoms with E-state index in [2.05, 4.69) is 15.8 Å². The highest BCUT2D eigenvalue weighted by Gasteiger charge is 2.15. The molecule has 0 aliphatic carbocycles. The summed E-state index contributed by atoms with van der Waals surface area (Å²) in [5.41, 5.74) is 4.46. The molecule has 1 amide bonds. The van der Waals surface area contributed by atoms with E-state index in [0.717, 1.165) is 22.6 Å². The maximum absolute atomic E-state index is 12.2. The highest BCUT2D eigenvalue weighted by molar-refractivity contribution is 7.16. The van der Waals surface area contributed by atoms with Crippen LogP contribution < -0.4 is 10.7 Å². The van der Waals surface area contributed by atoms with E-state index < -0.39 is 11.0 Å². The largest absolute Gasteiger partial charge is 0.374 e. The van der Waals surface area contributed by atoms with Gasteiger partial charge in [-0.1, -0.05) is 36.0 Å². The fourth-order valence-corrected chi connectivity index (χ4v) is 2.64. The van der Waals surface area contributed by atoms with E-state index in [1.807, 2.05) is 38.1 Å². The lowest BCUT2D eigenvalue weighted by Gasteiger charge is -2.16. The highest BCUT2D eigenvalue weighted by Crippen LogP contribution is 2.22. The van der Waals surface area contributed by atoms with E-state index in [0.29, 0.717) is 11.3 Å². The van der Waals surface area contributed by atoms with Crippen LogP contribution in [-0.2, 0) is 4.79 Å². The molecule has 0 saturated heterocycles. The van der Waals surface area contributed by atoms with Gasteiger partial charge in [-0.3, -0.25) is 14.9 Å². The number of benzene rings is 1. The third kappa shape index (κ3) is 4.88. The van der Waals surface area contributed by atoms with Gasteiger partial charge in [-0.2, -0.15) is 5.10 Å². The Balaban J connectivity index is 1.92. The Hall–Kier alpha value is -2.74. The Morgan fingerprint density at radius 3 is 2.62 bits per heavy atom. The van der Waals surface area contributed by atoms with Crippen LogP contribution in [0.1, 0.15) is 23.8 Å². The molecule has 126 valence electrons. The van der Waals surface area contributed by atoms with Crippen LogP contribution in [0.15, 0.2) is 41.5 Å². The summed E-state index contributed by atoms with van der Waals surface area (Å²) < 4.78 is 0. The summed E-state index contributed by atoms with van der Waals surface area (Å²) in [7, 11) is 0. The Morgan fingerprint density at radius 1 is 1.33 bits per heavy atom. The first kappa shape index (κ1) is 17.6. The van der Waals surface area contributed by atoms with Crippen LogP contribution in [0.25, 0.3) is 0 Å². The molecule has 1 unspecified atom stereocenters. The fourth-order valence-electron chi connectivity index (χ4n) is 1.95. The van der Waals surface area contributed by atoms with Gasteiger partial charge in [-0.25, -0.2) is 5.43 Å². The maximum atomic E-state index is 12.2. The number of nitrogens with zero attached hydrogens (tertiary/aromatic N) is 2. The third-order valence-corrected chi connectivity index (χ3v) is 4.25. The second-order valence-corrected chi connectivity index (χ2v) is 6.23. The van der Waals surface area contributed by atoms with Gasteiger partial charge in [0, 0.05) is 11.8 Å². The normalized spacial score (nSPS) is 12.1. The van der Waals surface area contributed by atoms with Crippen molar-refractivity contribution in [2.24, 2.45) is 5.10 Å². The number of amides is 1. The van der Waals surface area contributed by atoms with Gasteiger partial charge >= 0.3 is 5.00 Å². The topological polar surface area (TPSA) is 96.6 Å². The van der Waals surface area contributed by atoms with Gasteiger partial charge in [0.15, 0.2) is 0 Å². The van der Waals surface area contributed by atoms with Crippen molar-refractivity contribution in [3.05, 3.63) is 57.0 Å². The monoisotopic (exact) mass is 346 g/mol. The number of hydrogen-bond acceptors (Lipinski definition) is 6. The predicted molar refractivity (Wildman–Crippen MR) is 95.6 cm³/mol. The molecule has 1 aromatic heterocycles. The van der Waals surface area contributed by atoms with Crippen molar-refractivity contribution in [3.8, 4) is 0 Å². The zero-order valence-electron chi connectivity index (χ0n) is 13.4. The van der Waals surface area contributed by atoms with E-state index in [1.165, 1.54) is 12.3 Å². The first-order chi connectivity index (χ1) is 11.5. The number of anilines is 1. The van der Waals surface area contributed by atoms with E-state index in [-0.39, 0.29) is 10.9 Å². The minimum Gasteiger partial charge on any atom is -0.374 e. The second-order valence-electron chi connectivity index (χ2n) is 5.14. The van der Waals surface area contributed by atoms with Crippen molar-refractivity contribution in [2.75, 3.05) is 5.32 Å². The molecule has 7 nitrogen and oxygen atoms in total. The van der Waals surface area contributed by atoms with Crippen molar-refractivity contribution >= 4 is 34.1 Å². The van der Waals surface area contributed by atoms with E-state index in [9.17, 15) is 14.9 Å². The number of carbonyl (C=O) groups is 1. The number of rotatable bonds is 7. The van der Waals surface area contributed by atoms with Gasteiger partial charge in [-0.05, 0) is 31.5 Å². The molecule has 1 aromatic carbocycles. The molecule has 2 aromatic rings. The lowest BCUT2D eigenvalue weighted by Crippen LogP contribution is -2.36. The third-order valence-electron chi connectivity index (χ3n) is 3.28. The smallest absolute Gasteiger partial charge is 0.324 e. The van der Waals surface area contributed by atoms with Gasteiger partial charge in [0.05, 0.1) is 16.0 Å². The summed E-state index contributed by atoms with van der Waals surface area (Å²) in [5.74, 6) is -0.264. The quantitative estimate of drug-likeness (QED) is 0.457. The number of hydrazone groups is 1. The molecular formula is C16H18N4O3S. The second kappa shape index (κ2) is 8.21. The van der Waals surface area contributed by atoms with Crippen molar-refractivity contribution in [1.29, 1.82) is 0 Å². The van der Waals surface area contributed by atoms with Crippen LogP contribution in [-0.4, -0.2) is 23.1 Å². The number of nitrogens with one attached hydrogen (secondary N) is 2. The fraction of sp³-hybridized carbons (Fsp3) is 0.250. The summed E-state index contributed by atoms with van der Waals surface area (Å²) in [6.07, 6.45) is 1.99. The van der Waals surface area contributed by atoms with Crippen LogP contribution in [0.2, 0.25) is 0 Å². The molecule has 2 N–H and O–H groups in total. The summed E-state index contributed by atoms with van der Waals surface area (Å²) >= 11 is 0.995. The molecule has 0 saturated carbocycles. The van der Waals surface area contributed by atoms with Crippen molar-refractivity contribution in [2.45, 2.75) is 26.3 Å². The standard InChI is InChI=1S/C16H18N4O3S/c1-3-14(18-12-6-4-11(2)5-7-12)16(21)19-17-10-13-8-9-15(24-13)20(22)23/h4-10,14,18H,3H2,1-2H3,(H,19,21). The Kier molecular flexibility index (Phi) is 6.02. The summed E-state index contributed by atoms with van der Waals surface area (Å²) in [6, 6.07) is 10.3. The Labute approximate surface area is 143 Å². The molecule has 8 heteroatoms. The highest BCUT2D eigenvalue weighted by atomic mass is 32.1. The SMILES string of the molecule is CCC(Nc1ccc(C)cc1)C(=O)NN=Cc1ccc([N+](=O)[O-])s1. The van der Waals surface area contributed by atoms with Gasteiger partial charge < -0.3 is 5.32 Å². The van der Waals surface area contributed by atoms with E-state index in [4.69, 9.17) is 0 Å². The van der Waals surface area contributed by atoms with Crippen LogP contribution in [0.5, 0.6) is 0 Å². The molecule has 0 spiro atoms. The molecule has 0 aliphatic heterocycles. The van der Waals surface area contributed by atoms with Crippen LogP contribution in [0, 0.1) is 17.0 Å². The molecule has 0 fully saturated rings. The molecule has 0 bridgehead atoms. The predicted octanol–water partition coefficient (Wildman–Crippen LogP) is 3.31. The average molecular weight is 346 g/mol. The first-order valence-electron chi connectivity index (χ1n) is 7.40. The van der Waals surface area contributed by atoms with Gasteiger partial charge in [0.2, 0.25) is 0 Å². The van der Waals surface area contributed by atoms with Crippen LogP contribution in [0.3, 0.4) is 0 Å². The Morgan fingerprint density at radius 2 is 2.04 bits per heavy atom. The molecule has 24 heavy (non-hydrogen) atoms.